The van der Waals surface area contributed by atoms with Gasteiger partial charge < -0.3 is 10.1 Å². The Labute approximate surface area is 133 Å². The fraction of sp³-hybridized carbons (Fsp3) is 0.412. The van der Waals surface area contributed by atoms with Crippen LogP contribution < -0.4 is 5.32 Å². The molecule has 0 aliphatic rings. The molecule has 22 heavy (non-hydrogen) atoms. The molecule has 0 atom stereocenters. The molecule has 4 nitrogen and oxygen atoms in total. The average Bonchev–Trinajstić information content (AvgIpc) is 2.43. The molecule has 118 valence electrons. The van der Waals surface area contributed by atoms with Crippen LogP contribution in [0.1, 0.15) is 18.1 Å². The second-order valence-corrected chi connectivity index (χ2v) is 10.8. The summed E-state index contributed by atoms with van der Waals surface area (Å²) in [5, 5.41) is 2.73. The molecule has 0 radical (unpaired) electrons. The fourth-order valence-corrected chi connectivity index (χ4v) is 2.18. The molecule has 0 aliphatic heterocycles. The molecule has 0 aromatic heterocycles. The van der Waals surface area contributed by atoms with Gasteiger partial charge >= 0.3 is 5.97 Å². The number of esters is 1. The van der Waals surface area contributed by atoms with Crippen molar-refractivity contribution in [3.05, 3.63) is 35.4 Å². The number of carbonyl (C=O) groups is 2. The molecule has 1 aromatic rings. The first kappa shape index (κ1) is 18.0. The van der Waals surface area contributed by atoms with Crippen LogP contribution in [0.3, 0.4) is 0 Å². The van der Waals surface area contributed by atoms with Gasteiger partial charge in [0.2, 0.25) is 0 Å². The molecule has 0 heterocycles. The van der Waals surface area contributed by atoms with Gasteiger partial charge in [-0.3, -0.25) is 9.59 Å². The van der Waals surface area contributed by atoms with Gasteiger partial charge in [-0.1, -0.05) is 43.8 Å². The number of ether oxygens (including phenoxy) is 1. The van der Waals surface area contributed by atoms with Crippen molar-refractivity contribution < 1.29 is 14.3 Å². The van der Waals surface area contributed by atoms with Crippen LogP contribution in [0.5, 0.6) is 0 Å². The van der Waals surface area contributed by atoms with Crippen LogP contribution in [-0.4, -0.2) is 33.1 Å². The SMILES string of the molecule is CC(=O)OCC(=O)NCCc1ccccc1C#C[Si](C)(C)C. The third-order valence-electron chi connectivity index (χ3n) is 2.71. The standard InChI is InChI=1S/C17H23NO3Si/c1-14(19)21-13-17(20)18-11-9-15-7-5-6-8-16(15)10-12-22(2,3)4/h5-8H,9,11,13H2,1-4H3,(H,18,20). The van der Waals surface area contributed by atoms with Crippen molar-refractivity contribution in [3.63, 3.8) is 0 Å². The minimum Gasteiger partial charge on any atom is -0.456 e. The van der Waals surface area contributed by atoms with E-state index in [2.05, 4.69) is 41.2 Å². The summed E-state index contributed by atoms with van der Waals surface area (Å²) in [4.78, 5) is 22.1. The van der Waals surface area contributed by atoms with Crippen molar-refractivity contribution in [2.75, 3.05) is 13.2 Å². The molecule has 0 saturated carbocycles. The highest BCUT2D eigenvalue weighted by Gasteiger charge is 2.08. The summed E-state index contributed by atoms with van der Waals surface area (Å²) in [6, 6.07) is 7.96. The Morgan fingerprint density at radius 2 is 1.91 bits per heavy atom. The van der Waals surface area contributed by atoms with Crippen molar-refractivity contribution in [3.8, 4) is 11.5 Å². The Kier molecular flexibility index (Phi) is 6.87. The van der Waals surface area contributed by atoms with Crippen molar-refractivity contribution >= 4 is 20.0 Å². The average molecular weight is 317 g/mol. The molecule has 0 saturated heterocycles. The van der Waals surface area contributed by atoms with E-state index in [1.807, 2.05) is 24.3 Å². The first-order chi connectivity index (χ1) is 10.3. The molecular weight excluding hydrogens is 294 g/mol. The molecular formula is C17H23NO3Si. The van der Waals surface area contributed by atoms with E-state index in [1.165, 1.54) is 6.92 Å². The predicted octanol–water partition coefficient (Wildman–Crippen LogP) is 2.14. The Morgan fingerprint density at radius 1 is 1.23 bits per heavy atom. The molecule has 1 aromatic carbocycles. The molecule has 1 N–H and O–H groups in total. The third-order valence-corrected chi connectivity index (χ3v) is 3.59. The molecule has 0 spiro atoms. The zero-order chi connectivity index (χ0) is 16.6. The monoisotopic (exact) mass is 317 g/mol. The van der Waals surface area contributed by atoms with E-state index < -0.39 is 14.0 Å². The van der Waals surface area contributed by atoms with Crippen LogP contribution in [0.25, 0.3) is 0 Å². The smallest absolute Gasteiger partial charge is 0.303 e. The Morgan fingerprint density at radius 3 is 2.55 bits per heavy atom. The molecule has 1 rings (SSSR count). The summed E-state index contributed by atoms with van der Waals surface area (Å²) in [7, 11) is -1.41. The summed E-state index contributed by atoms with van der Waals surface area (Å²) in [5.41, 5.74) is 5.48. The van der Waals surface area contributed by atoms with Gasteiger partial charge in [0.25, 0.3) is 5.91 Å². The van der Waals surface area contributed by atoms with E-state index >= 15 is 0 Å². The van der Waals surface area contributed by atoms with E-state index in [4.69, 9.17) is 0 Å². The normalized spacial score (nSPS) is 10.4. The Hall–Kier alpha value is -2.06. The first-order valence-electron chi connectivity index (χ1n) is 7.29. The van der Waals surface area contributed by atoms with Gasteiger partial charge in [0.1, 0.15) is 8.07 Å². The number of hydrogen-bond donors (Lipinski definition) is 1. The molecule has 5 heteroatoms. The first-order valence-corrected chi connectivity index (χ1v) is 10.8. The minimum absolute atomic E-state index is 0.230. The summed E-state index contributed by atoms with van der Waals surface area (Å²) < 4.78 is 4.64. The van der Waals surface area contributed by atoms with Crippen molar-refractivity contribution in [2.24, 2.45) is 0 Å². The highest BCUT2D eigenvalue weighted by molar-refractivity contribution is 6.83. The lowest BCUT2D eigenvalue weighted by atomic mass is 10.1. The van der Waals surface area contributed by atoms with E-state index in [-0.39, 0.29) is 12.5 Å². The maximum Gasteiger partial charge on any atom is 0.303 e. The third kappa shape index (κ3) is 7.65. The Balaban J connectivity index is 2.57. The van der Waals surface area contributed by atoms with Gasteiger partial charge in [-0.2, -0.15) is 0 Å². The second-order valence-electron chi connectivity index (χ2n) is 6.04. The number of benzene rings is 1. The number of hydrogen-bond acceptors (Lipinski definition) is 3. The van der Waals surface area contributed by atoms with Gasteiger partial charge in [0, 0.05) is 19.0 Å². The van der Waals surface area contributed by atoms with Crippen molar-refractivity contribution in [1.82, 2.24) is 5.32 Å². The fourth-order valence-electron chi connectivity index (χ4n) is 1.67. The maximum absolute atomic E-state index is 11.5. The molecule has 0 aliphatic carbocycles. The summed E-state index contributed by atoms with van der Waals surface area (Å²) >= 11 is 0. The van der Waals surface area contributed by atoms with E-state index in [0.29, 0.717) is 13.0 Å². The van der Waals surface area contributed by atoms with Crippen LogP contribution in [0.4, 0.5) is 0 Å². The van der Waals surface area contributed by atoms with Gasteiger partial charge in [-0.05, 0) is 18.1 Å². The number of rotatable bonds is 5. The van der Waals surface area contributed by atoms with Crippen molar-refractivity contribution in [1.29, 1.82) is 0 Å². The van der Waals surface area contributed by atoms with Crippen molar-refractivity contribution in [2.45, 2.75) is 33.0 Å². The summed E-state index contributed by atoms with van der Waals surface area (Å²) in [6.07, 6.45) is 0.697. The molecule has 1 amide bonds. The number of amides is 1. The van der Waals surface area contributed by atoms with Crippen LogP contribution in [0.15, 0.2) is 24.3 Å². The molecule has 0 bridgehead atoms. The van der Waals surface area contributed by atoms with Crippen LogP contribution in [0.2, 0.25) is 19.6 Å². The lowest BCUT2D eigenvalue weighted by Crippen LogP contribution is -2.30. The maximum atomic E-state index is 11.5. The summed E-state index contributed by atoms with van der Waals surface area (Å²) in [6.45, 7) is 8.16. The zero-order valence-electron chi connectivity index (χ0n) is 13.7. The van der Waals surface area contributed by atoms with E-state index in [9.17, 15) is 9.59 Å². The van der Waals surface area contributed by atoms with E-state index in [1.54, 1.807) is 0 Å². The topological polar surface area (TPSA) is 55.4 Å². The van der Waals surface area contributed by atoms with Crippen LogP contribution in [-0.2, 0) is 20.7 Å². The van der Waals surface area contributed by atoms with Gasteiger partial charge in [0.05, 0.1) is 0 Å². The minimum atomic E-state index is -1.41. The molecule has 0 fully saturated rings. The largest absolute Gasteiger partial charge is 0.456 e. The number of nitrogens with one attached hydrogen (secondary N) is 1. The zero-order valence-corrected chi connectivity index (χ0v) is 14.7. The predicted molar refractivity (Wildman–Crippen MR) is 90.0 cm³/mol. The highest BCUT2D eigenvalue weighted by atomic mass is 28.3. The lowest BCUT2D eigenvalue weighted by Gasteiger charge is -2.08. The second kappa shape index (κ2) is 8.40. The lowest BCUT2D eigenvalue weighted by molar-refractivity contribution is -0.146. The summed E-state index contributed by atoms with van der Waals surface area (Å²) in [5.74, 6) is 2.51. The molecule has 0 unspecified atom stereocenters. The van der Waals surface area contributed by atoms with Gasteiger partial charge in [-0.15, -0.1) is 5.54 Å². The quantitative estimate of drug-likeness (QED) is 0.514. The Bertz CT molecular complexity index is 594. The van der Waals surface area contributed by atoms with Crippen LogP contribution in [0, 0.1) is 11.5 Å². The van der Waals surface area contributed by atoms with E-state index in [0.717, 1.165) is 11.1 Å². The number of carbonyl (C=O) groups excluding carboxylic acids is 2. The highest BCUT2D eigenvalue weighted by Crippen LogP contribution is 2.08. The van der Waals surface area contributed by atoms with Crippen LogP contribution >= 0.6 is 0 Å². The van der Waals surface area contributed by atoms with Gasteiger partial charge in [0.15, 0.2) is 6.61 Å². The van der Waals surface area contributed by atoms with Gasteiger partial charge in [-0.25, -0.2) is 0 Å².